The zero-order valence-electron chi connectivity index (χ0n) is 12.7. The van der Waals surface area contributed by atoms with Gasteiger partial charge in [0.1, 0.15) is 5.69 Å². The number of nitrogens with one attached hydrogen (secondary N) is 1. The van der Waals surface area contributed by atoms with Gasteiger partial charge in [0.25, 0.3) is 5.91 Å². The molecule has 1 saturated heterocycles. The molecule has 0 aliphatic carbocycles. The Morgan fingerprint density at radius 3 is 3.04 bits per heavy atom. The van der Waals surface area contributed by atoms with Crippen LogP contribution in [0.4, 0.5) is 0 Å². The molecule has 8 heteroatoms. The number of aromatic nitrogens is 3. The summed E-state index contributed by atoms with van der Waals surface area (Å²) in [7, 11) is 0. The molecule has 1 aliphatic rings. The zero-order chi connectivity index (χ0) is 16.2. The van der Waals surface area contributed by atoms with E-state index in [4.69, 9.17) is 0 Å². The molecule has 3 heterocycles. The second-order valence-electron chi connectivity index (χ2n) is 5.36. The molecular formula is C15H17N5O2S. The summed E-state index contributed by atoms with van der Waals surface area (Å²) in [6.07, 6.45) is 5.18. The van der Waals surface area contributed by atoms with E-state index in [1.165, 1.54) is 11.3 Å². The monoisotopic (exact) mass is 331 g/mol. The lowest BCUT2D eigenvalue weighted by Crippen LogP contribution is -2.29. The number of carbonyl (C=O) groups excluding carboxylic acids is 2. The predicted molar refractivity (Wildman–Crippen MR) is 84.7 cm³/mol. The maximum absolute atomic E-state index is 11.9. The van der Waals surface area contributed by atoms with Crippen LogP contribution in [-0.4, -0.2) is 38.2 Å². The summed E-state index contributed by atoms with van der Waals surface area (Å²) >= 11 is 1.37. The van der Waals surface area contributed by atoms with E-state index in [9.17, 15) is 9.59 Å². The zero-order valence-corrected chi connectivity index (χ0v) is 13.5. The summed E-state index contributed by atoms with van der Waals surface area (Å²) < 4.78 is 0. The molecule has 23 heavy (non-hydrogen) atoms. The quantitative estimate of drug-likeness (QED) is 0.918. The molecule has 0 unspecified atom stereocenters. The number of likely N-dealkylation sites (tertiary alicyclic amines) is 1. The van der Waals surface area contributed by atoms with E-state index in [0.717, 1.165) is 25.1 Å². The number of hydrogen-bond donors (Lipinski definition) is 1. The number of thiazole rings is 1. The van der Waals surface area contributed by atoms with Crippen molar-refractivity contribution < 1.29 is 9.59 Å². The van der Waals surface area contributed by atoms with E-state index in [2.05, 4.69) is 20.3 Å². The van der Waals surface area contributed by atoms with Crippen molar-refractivity contribution in [1.29, 1.82) is 0 Å². The maximum Gasteiger partial charge on any atom is 0.271 e. The van der Waals surface area contributed by atoms with Gasteiger partial charge in [-0.3, -0.25) is 19.6 Å². The van der Waals surface area contributed by atoms with Crippen LogP contribution in [-0.2, 0) is 11.3 Å². The molecule has 0 aromatic carbocycles. The Labute approximate surface area is 137 Å². The van der Waals surface area contributed by atoms with Crippen LogP contribution in [0.25, 0.3) is 0 Å². The minimum absolute atomic E-state index is 0.0193. The lowest BCUT2D eigenvalue weighted by molar-refractivity contribution is -0.129. The first kappa shape index (κ1) is 15.5. The highest BCUT2D eigenvalue weighted by atomic mass is 32.1. The molecule has 1 atom stereocenters. The fraction of sp³-hybridized carbons (Fsp3) is 0.400. The summed E-state index contributed by atoms with van der Waals surface area (Å²) in [6.45, 7) is 2.61. The second kappa shape index (κ2) is 6.82. The molecule has 1 fully saturated rings. The highest BCUT2D eigenvalue weighted by molar-refractivity contribution is 7.07. The fourth-order valence-corrected chi connectivity index (χ4v) is 3.24. The molecule has 7 nitrogen and oxygen atoms in total. The van der Waals surface area contributed by atoms with Gasteiger partial charge < -0.3 is 10.2 Å². The van der Waals surface area contributed by atoms with Crippen LogP contribution in [0.5, 0.6) is 0 Å². The van der Waals surface area contributed by atoms with E-state index in [1.807, 2.05) is 4.90 Å². The van der Waals surface area contributed by atoms with E-state index < -0.39 is 0 Å². The summed E-state index contributed by atoms with van der Waals surface area (Å²) in [5.74, 6) is -0.179. The molecule has 2 aromatic heterocycles. The van der Waals surface area contributed by atoms with Crippen molar-refractivity contribution >= 4 is 23.2 Å². The van der Waals surface area contributed by atoms with Gasteiger partial charge in [-0.05, 0) is 12.8 Å². The van der Waals surface area contributed by atoms with Crippen LogP contribution < -0.4 is 5.32 Å². The fourth-order valence-electron chi connectivity index (χ4n) is 2.71. The topological polar surface area (TPSA) is 88.1 Å². The summed E-state index contributed by atoms with van der Waals surface area (Å²) in [5.41, 5.74) is 3.46. The first-order valence-electron chi connectivity index (χ1n) is 7.39. The molecule has 0 spiro atoms. The number of nitrogens with zero attached hydrogens (tertiary/aromatic N) is 4. The molecule has 2 amide bonds. The van der Waals surface area contributed by atoms with Gasteiger partial charge in [0.15, 0.2) is 0 Å². The first-order chi connectivity index (χ1) is 11.1. The number of carbonyl (C=O) groups is 2. The van der Waals surface area contributed by atoms with Crippen molar-refractivity contribution in [2.75, 3.05) is 6.54 Å². The largest absolute Gasteiger partial charge is 0.345 e. The van der Waals surface area contributed by atoms with Crippen molar-refractivity contribution in [2.24, 2.45) is 0 Å². The van der Waals surface area contributed by atoms with E-state index >= 15 is 0 Å². The lowest BCUT2D eigenvalue weighted by Gasteiger charge is -2.22. The minimum Gasteiger partial charge on any atom is -0.345 e. The van der Waals surface area contributed by atoms with Gasteiger partial charge >= 0.3 is 0 Å². The van der Waals surface area contributed by atoms with Gasteiger partial charge in [0.05, 0.1) is 41.9 Å². The Bertz CT molecular complexity index is 704. The molecule has 0 bridgehead atoms. The highest BCUT2D eigenvalue weighted by Crippen LogP contribution is 2.30. The average Bonchev–Trinajstić information content (AvgIpc) is 3.23. The van der Waals surface area contributed by atoms with Crippen LogP contribution in [0.1, 0.15) is 47.7 Å². The SMILES string of the molecule is CC(=O)N1CCC[C@H]1c1cncc(CNC(=O)c2cscn2)n1. The molecule has 0 radical (unpaired) electrons. The predicted octanol–water partition coefficient (Wildman–Crippen LogP) is 1.55. The lowest BCUT2D eigenvalue weighted by atomic mass is 10.1. The Balaban J connectivity index is 1.68. The second-order valence-corrected chi connectivity index (χ2v) is 6.08. The Hall–Kier alpha value is -2.35. The molecule has 1 aliphatic heterocycles. The highest BCUT2D eigenvalue weighted by Gasteiger charge is 2.29. The third-order valence-corrected chi connectivity index (χ3v) is 4.38. The Morgan fingerprint density at radius 2 is 2.30 bits per heavy atom. The molecule has 3 rings (SSSR count). The van der Waals surface area contributed by atoms with E-state index in [0.29, 0.717) is 11.4 Å². The van der Waals surface area contributed by atoms with Crippen molar-refractivity contribution in [2.45, 2.75) is 32.4 Å². The summed E-state index contributed by atoms with van der Waals surface area (Å²) in [4.78, 5) is 38.1. The van der Waals surface area contributed by atoms with Gasteiger partial charge in [0, 0.05) is 18.8 Å². The average molecular weight is 331 g/mol. The minimum atomic E-state index is -0.232. The third-order valence-electron chi connectivity index (χ3n) is 3.80. The molecular weight excluding hydrogens is 314 g/mol. The van der Waals surface area contributed by atoms with Gasteiger partial charge in [-0.2, -0.15) is 0 Å². The molecule has 2 aromatic rings. The third kappa shape index (κ3) is 3.53. The maximum atomic E-state index is 11.9. The Kier molecular flexibility index (Phi) is 4.61. The van der Waals surface area contributed by atoms with Crippen molar-refractivity contribution in [1.82, 2.24) is 25.2 Å². The molecule has 1 N–H and O–H groups in total. The summed E-state index contributed by atoms with van der Waals surface area (Å²) in [6, 6.07) is -0.0193. The number of rotatable bonds is 4. The van der Waals surface area contributed by atoms with Crippen molar-refractivity contribution in [3.63, 3.8) is 0 Å². The molecule has 120 valence electrons. The van der Waals surface area contributed by atoms with Crippen LogP contribution in [0.2, 0.25) is 0 Å². The van der Waals surface area contributed by atoms with Gasteiger partial charge in [-0.1, -0.05) is 0 Å². The van der Waals surface area contributed by atoms with E-state index in [1.54, 1.807) is 30.2 Å². The number of amides is 2. The van der Waals surface area contributed by atoms with Crippen molar-refractivity contribution in [3.8, 4) is 0 Å². The van der Waals surface area contributed by atoms with Crippen molar-refractivity contribution in [3.05, 3.63) is 40.4 Å². The normalized spacial score (nSPS) is 17.3. The van der Waals surface area contributed by atoms with Crippen LogP contribution >= 0.6 is 11.3 Å². The van der Waals surface area contributed by atoms with E-state index in [-0.39, 0.29) is 24.4 Å². The number of hydrogen-bond acceptors (Lipinski definition) is 6. The standard InChI is InChI=1S/C15H17N5O2S/c1-10(21)20-4-2-3-14(20)12-7-16-5-11(19-12)6-17-15(22)13-8-23-9-18-13/h5,7-9,14H,2-4,6H2,1H3,(H,17,22)/t14-/m0/s1. The first-order valence-corrected chi connectivity index (χ1v) is 8.34. The van der Waals surface area contributed by atoms with Gasteiger partial charge in [-0.25, -0.2) is 4.98 Å². The Morgan fingerprint density at radius 1 is 1.43 bits per heavy atom. The smallest absolute Gasteiger partial charge is 0.271 e. The van der Waals surface area contributed by atoms with Gasteiger partial charge in [0.2, 0.25) is 5.91 Å². The van der Waals surface area contributed by atoms with Gasteiger partial charge in [-0.15, -0.1) is 11.3 Å². The van der Waals surface area contributed by atoms with Crippen LogP contribution in [0.3, 0.4) is 0 Å². The van der Waals surface area contributed by atoms with Crippen LogP contribution in [0.15, 0.2) is 23.3 Å². The summed E-state index contributed by atoms with van der Waals surface area (Å²) in [5, 5.41) is 4.47. The molecule has 0 saturated carbocycles. The van der Waals surface area contributed by atoms with Crippen LogP contribution in [0, 0.1) is 0 Å².